The van der Waals surface area contributed by atoms with Gasteiger partial charge in [0.25, 0.3) is 0 Å². The summed E-state index contributed by atoms with van der Waals surface area (Å²) < 4.78 is 32.4. The van der Waals surface area contributed by atoms with E-state index < -0.39 is 16.0 Å². The van der Waals surface area contributed by atoms with Crippen molar-refractivity contribution in [2.75, 3.05) is 39.3 Å². The summed E-state index contributed by atoms with van der Waals surface area (Å²) in [5.74, 6) is -0.595. The minimum absolute atomic E-state index is 0.0388. The molecule has 8 nitrogen and oxygen atoms in total. The minimum atomic E-state index is -3.67. The highest BCUT2D eigenvalue weighted by molar-refractivity contribution is 7.89. The van der Waals surface area contributed by atoms with Crippen LogP contribution in [0.5, 0.6) is 0 Å². The Hall–Kier alpha value is -1.97. The lowest BCUT2D eigenvalue weighted by Crippen LogP contribution is -2.49. The van der Waals surface area contributed by atoms with E-state index >= 15 is 0 Å². The van der Waals surface area contributed by atoms with Gasteiger partial charge in [0, 0.05) is 31.6 Å². The van der Waals surface area contributed by atoms with Crippen LogP contribution in [-0.4, -0.2) is 74.9 Å². The second kappa shape index (κ2) is 12.7. The fraction of sp³-hybridized carbons (Fsp3) is 0.680. The number of hydrogen-bond donors (Lipinski definition) is 1. The zero-order valence-corrected chi connectivity index (χ0v) is 21.3. The second-order valence-corrected chi connectivity index (χ2v) is 11.1. The molecule has 0 aromatic heterocycles. The van der Waals surface area contributed by atoms with Crippen LogP contribution < -0.4 is 5.32 Å². The van der Waals surface area contributed by atoms with Crippen LogP contribution >= 0.6 is 0 Å². The molecule has 34 heavy (non-hydrogen) atoms. The van der Waals surface area contributed by atoms with Gasteiger partial charge in [-0.3, -0.25) is 9.69 Å². The molecule has 9 heteroatoms. The van der Waals surface area contributed by atoms with Crippen molar-refractivity contribution in [3.63, 3.8) is 0 Å². The first kappa shape index (κ1) is 26.6. The topological polar surface area (TPSA) is 96.0 Å². The molecular formula is C25H39N3O5S. The summed E-state index contributed by atoms with van der Waals surface area (Å²) in [5, 5.41) is 3.15. The third-order valence-electron chi connectivity index (χ3n) is 6.89. The van der Waals surface area contributed by atoms with Crippen LogP contribution in [-0.2, 0) is 19.6 Å². The molecule has 2 fully saturated rings. The lowest BCUT2D eigenvalue weighted by atomic mass is 9.96. The van der Waals surface area contributed by atoms with Crippen LogP contribution in [0.3, 0.4) is 0 Å². The maximum atomic E-state index is 13.0. The quantitative estimate of drug-likeness (QED) is 0.504. The van der Waals surface area contributed by atoms with Crippen LogP contribution in [0.15, 0.2) is 29.2 Å². The largest absolute Gasteiger partial charge is 0.462 e. The van der Waals surface area contributed by atoms with Gasteiger partial charge in [-0.25, -0.2) is 13.2 Å². The molecule has 190 valence electrons. The van der Waals surface area contributed by atoms with Gasteiger partial charge in [0.05, 0.1) is 17.1 Å². The summed E-state index contributed by atoms with van der Waals surface area (Å²) in [4.78, 5) is 27.3. The first-order chi connectivity index (χ1) is 16.4. The Morgan fingerprint density at radius 2 is 1.74 bits per heavy atom. The number of amides is 1. The zero-order chi connectivity index (χ0) is 24.6. The molecule has 2 heterocycles. The summed E-state index contributed by atoms with van der Waals surface area (Å²) in [5.41, 5.74) is 0.322. The predicted molar refractivity (Wildman–Crippen MR) is 131 cm³/mol. The highest BCUT2D eigenvalue weighted by Crippen LogP contribution is 2.25. The number of sulfonamides is 1. The summed E-state index contributed by atoms with van der Waals surface area (Å²) in [7, 11) is -3.67. The Morgan fingerprint density at radius 1 is 1.03 bits per heavy atom. The zero-order valence-electron chi connectivity index (χ0n) is 20.5. The van der Waals surface area contributed by atoms with E-state index in [1.54, 1.807) is 6.92 Å². The number of nitrogens with one attached hydrogen (secondary N) is 1. The number of carbonyl (C=O) groups excluding carboxylic acids is 2. The first-order valence-corrected chi connectivity index (χ1v) is 14.1. The Kier molecular flexibility index (Phi) is 9.91. The van der Waals surface area contributed by atoms with E-state index in [0.717, 1.165) is 19.5 Å². The normalized spacial score (nSPS) is 20.7. The highest BCUT2D eigenvalue weighted by Gasteiger charge is 2.32. The average Bonchev–Trinajstić information content (AvgIpc) is 2.86. The van der Waals surface area contributed by atoms with Crippen molar-refractivity contribution < 1.29 is 22.7 Å². The molecule has 2 aliphatic heterocycles. The molecule has 0 bridgehead atoms. The number of likely N-dealkylation sites (tertiary alicyclic amines) is 1. The molecule has 2 aliphatic rings. The smallest absolute Gasteiger partial charge is 0.338 e. The van der Waals surface area contributed by atoms with E-state index in [1.165, 1.54) is 54.3 Å². The minimum Gasteiger partial charge on any atom is -0.462 e. The molecule has 1 N–H and O–H groups in total. The SMILES string of the molecule is CCCCN1CCCCC1CNC(=O)C1CCN(S(=O)(=O)c2ccc(C(=O)OCC)cc2)CC1. The number of ether oxygens (including phenoxy) is 1. The number of unbranched alkanes of at least 4 members (excludes halogenated alkanes) is 1. The monoisotopic (exact) mass is 493 g/mol. The van der Waals surface area contributed by atoms with E-state index in [1.807, 2.05) is 0 Å². The summed E-state index contributed by atoms with van der Waals surface area (Å²) in [6, 6.07) is 6.23. The number of rotatable bonds is 10. The van der Waals surface area contributed by atoms with Gasteiger partial charge in [-0.15, -0.1) is 0 Å². The number of esters is 1. The molecule has 0 aliphatic carbocycles. The van der Waals surface area contributed by atoms with Crippen molar-refractivity contribution in [1.82, 2.24) is 14.5 Å². The average molecular weight is 494 g/mol. The summed E-state index contributed by atoms with van der Waals surface area (Å²) in [6.07, 6.45) is 6.93. The van der Waals surface area contributed by atoms with Crippen molar-refractivity contribution in [1.29, 1.82) is 0 Å². The van der Waals surface area contributed by atoms with Gasteiger partial charge in [0.15, 0.2) is 0 Å². The van der Waals surface area contributed by atoms with E-state index in [9.17, 15) is 18.0 Å². The van der Waals surface area contributed by atoms with Crippen LogP contribution in [0.2, 0.25) is 0 Å². The number of piperidine rings is 2. The molecule has 2 saturated heterocycles. The van der Waals surface area contributed by atoms with Gasteiger partial charge >= 0.3 is 5.97 Å². The number of hydrogen-bond acceptors (Lipinski definition) is 6. The van der Waals surface area contributed by atoms with Crippen molar-refractivity contribution >= 4 is 21.9 Å². The van der Waals surface area contributed by atoms with Crippen LogP contribution in [0.25, 0.3) is 0 Å². The number of nitrogens with zero attached hydrogens (tertiary/aromatic N) is 2. The van der Waals surface area contributed by atoms with Gasteiger partial charge < -0.3 is 10.1 Å². The fourth-order valence-corrected chi connectivity index (χ4v) is 6.26. The highest BCUT2D eigenvalue weighted by atomic mass is 32.2. The first-order valence-electron chi connectivity index (χ1n) is 12.7. The molecule has 3 rings (SSSR count). The molecule has 1 amide bonds. The standard InChI is InChI=1S/C25H39N3O5S/c1-3-5-15-27-16-7-6-8-22(27)19-26-24(29)20-13-17-28(18-14-20)34(31,32)23-11-9-21(10-12-23)25(30)33-4-2/h9-12,20,22H,3-8,13-19H2,1-2H3,(H,26,29). The Morgan fingerprint density at radius 3 is 2.38 bits per heavy atom. The van der Waals surface area contributed by atoms with Gasteiger partial charge in [-0.05, 0) is 76.4 Å². The van der Waals surface area contributed by atoms with Crippen molar-refractivity contribution in [3.8, 4) is 0 Å². The molecule has 0 spiro atoms. The third kappa shape index (κ3) is 6.79. The molecule has 1 unspecified atom stereocenters. The molecular weight excluding hydrogens is 454 g/mol. The van der Waals surface area contributed by atoms with Gasteiger partial charge in [0.1, 0.15) is 0 Å². The Bertz CT molecular complexity index is 911. The molecule has 1 atom stereocenters. The van der Waals surface area contributed by atoms with E-state index in [0.29, 0.717) is 44.1 Å². The molecule has 0 saturated carbocycles. The van der Waals surface area contributed by atoms with Crippen molar-refractivity contribution in [2.24, 2.45) is 5.92 Å². The molecule has 1 aromatic rings. The fourth-order valence-electron chi connectivity index (χ4n) is 4.79. The molecule has 0 radical (unpaired) electrons. The lowest BCUT2D eigenvalue weighted by Gasteiger charge is -2.36. The van der Waals surface area contributed by atoms with Gasteiger partial charge in [0.2, 0.25) is 15.9 Å². The number of benzene rings is 1. The van der Waals surface area contributed by atoms with Crippen molar-refractivity contribution in [2.45, 2.75) is 69.7 Å². The van der Waals surface area contributed by atoms with E-state index in [4.69, 9.17) is 4.74 Å². The van der Waals surface area contributed by atoms with Gasteiger partial charge in [-0.1, -0.05) is 19.8 Å². The van der Waals surface area contributed by atoms with Crippen molar-refractivity contribution in [3.05, 3.63) is 29.8 Å². The van der Waals surface area contributed by atoms with Crippen LogP contribution in [0, 0.1) is 5.92 Å². The number of carbonyl (C=O) groups is 2. The Balaban J connectivity index is 1.50. The van der Waals surface area contributed by atoms with E-state index in [2.05, 4.69) is 17.1 Å². The summed E-state index contributed by atoms with van der Waals surface area (Å²) in [6.45, 7) is 7.68. The maximum absolute atomic E-state index is 13.0. The predicted octanol–water partition coefficient (Wildman–Crippen LogP) is 3.03. The lowest BCUT2D eigenvalue weighted by molar-refractivity contribution is -0.126. The van der Waals surface area contributed by atoms with Crippen LogP contribution in [0.4, 0.5) is 0 Å². The van der Waals surface area contributed by atoms with Gasteiger partial charge in [-0.2, -0.15) is 4.31 Å². The maximum Gasteiger partial charge on any atom is 0.338 e. The van der Waals surface area contributed by atoms with E-state index in [-0.39, 0.29) is 23.3 Å². The molecule has 1 aromatic carbocycles. The third-order valence-corrected chi connectivity index (χ3v) is 8.80. The summed E-state index contributed by atoms with van der Waals surface area (Å²) >= 11 is 0. The van der Waals surface area contributed by atoms with Crippen LogP contribution in [0.1, 0.15) is 69.2 Å². The Labute approximate surface area is 204 Å². The second-order valence-electron chi connectivity index (χ2n) is 9.21.